The first-order chi connectivity index (χ1) is 6.59. The lowest BCUT2D eigenvalue weighted by Gasteiger charge is -2.22. The first-order valence-corrected chi connectivity index (χ1v) is 5.36. The summed E-state index contributed by atoms with van der Waals surface area (Å²) in [4.78, 5) is 0. The van der Waals surface area contributed by atoms with Crippen molar-refractivity contribution in [3.8, 4) is 0 Å². The minimum atomic E-state index is 0.109. The van der Waals surface area contributed by atoms with Gasteiger partial charge in [0.25, 0.3) is 0 Å². The molecule has 3 nitrogen and oxygen atoms in total. The van der Waals surface area contributed by atoms with Gasteiger partial charge < -0.3 is 5.32 Å². The van der Waals surface area contributed by atoms with Crippen molar-refractivity contribution >= 4 is 0 Å². The predicted octanol–water partition coefficient (Wildman–Crippen LogP) is 1.67. The fourth-order valence-electron chi connectivity index (χ4n) is 2.00. The molecule has 0 saturated heterocycles. The summed E-state index contributed by atoms with van der Waals surface area (Å²) >= 11 is 0. The van der Waals surface area contributed by atoms with E-state index in [1.54, 1.807) is 0 Å². The third kappa shape index (κ3) is 1.69. The Morgan fingerprint density at radius 1 is 1.43 bits per heavy atom. The molecule has 0 radical (unpaired) electrons. The fourth-order valence-corrected chi connectivity index (χ4v) is 2.00. The summed E-state index contributed by atoms with van der Waals surface area (Å²) in [7, 11) is 0. The summed E-state index contributed by atoms with van der Waals surface area (Å²) < 4.78 is 2.18. The number of fused-ring (bicyclic) bond motifs is 1. The lowest BCUT2D eigenvalue weighted by atomic mass is 10.1. The molecule has 0 aliphatic carbocycles. The summed E-state index contributed by atoms with van der Waals surface area (Å²) in [6.45, 7) is 8.72. The molecule has 0 spiro atoms. The largest absolute Gasteiger partial charge is 0.313 e. The van der Waals surface area contributed by atoms with Gasteiger partial charge in [-0.3, -0.25) is 4.68 Å². The Morgan fingerprint density at radius 3 is 2.93 bits per heavy atom. The molecule has 0 amide bonds. The van der Waals surface area contributed by atoms with Crippen LogP contribution in [0.3, 0.4) is 0 Å². The van der Waals surface area contributed by atoms with E-state index in [0.717, 1.165) is 19.5 Å². The van der Waals surface area contributed by atoms with Crippen LogP contribution in [0.2, 0.25) is 0 Å². The minimum Gasteiger partial charge on any atom is -0.313 e. The lowest BCUT2D eigenvalue weighted by Crippen LogP contribution is -2.25. The van der Waals surface area contributed by atoms with E-state index in [-0.39, 0.29) is 5.54 Å². The van der Waals surface area contributed by atoms with Crippen LogP contribution in [0.25, 0.3) is 0 Å². The maximum Gasteiger partial charge on any atom is 0.0546 e. The quantitative estimate of drug-likeness (QED) is 0.679. The average Bonchev–Trinajstić information content (AvgIpc) is 2.36. The summed E-state index contributed by atoms with van der Waals surface area (Å²) in [6, 6.07) is 0. The molecule has 0 fully saturated rings. The van der Waals surface area contributed by atoms with Gasteiger partial charge in [0.2, 0.25) is 0 Å². The van der Waals surface area contributed by atoms with Crippen LogP contribution in [0.15, 0.2) is 6.20 Å². The van der Waals surface area contributed by atoms with Gasteiger partial charge in [0.1, 0.15) is 0 Å². The van der Waals surface area contributed by atoms with E-state index in [1.165, 1.54) is 17.7 Å². The Morgan fingerprint density at radius 2 is 2.21 bits per heavy atom. The van der Waals surface area contributed by atoms with Crippen LogP contribution in [0.5, 0.6) is 0 Å². The van der Waals surface area contributed by atoms with E-state index in [4.69, 9.17) is 0 Å². The maximum atomic E-state index is 4.49. The predicted molar refractivity (Wildman–Crippen MR) is 57.3 cm³/mol. The SMILES string of the molecule is CC(C)(C)n1ncc2c1CCCNC2. The Labute approximate surface area is 85.5 Å². The smallest absolute Gasteiger partial charge is 0.0546 e. The monoisotopic (exact) mass is 193 g/mol. The fraction of sp³-hybridized carbons (Fsp3) is 0.727. The summed E-state index contributed by atoms with van der Waals surface area (Å²) in [5.41, 5.74) is 2.90. The van der Waals surface area contributed by atoms with Gasteiger partial charge in [-0.25, -0.2) is 0 Å². The Balaban J connectivity index is 2.39. The van der Waals surface area contributed by atoms with Crippen molar-refractivity contribution in [2.24, 2.45) is 0 Å². The number of nitrogens with zero attached hydrogens (tertiary/aromatic N) is 2. The minimum absolute atomic E-state index is 0.109. The van der Waals surface area contributed by atoms with E-state index in [0.29, 0.717) is 0 Å². The number of rotatable bonds is 0. The summed E-state index contributed by atoms with van der Waals surface area (Å²) in [5, 5.41) is 7.90. The molecule has 0 unspecified atom stereocenters. The van der Waals surface area contributed by atoms with Crippen molar-refractivity contribution in [3.63, 3.8) is 0 Å². The van der Waals surface area contributed by atoms with Gasteiger partial charge in [-0.1, -0.05) is 0 Å². The molecule has 78 valence electrons. The number of hydrogen-bond acceptors (Lipinski definition) is 2. The van der Waals surface area contributed by atoms with Gasteiger partial charge >= 0.3 is 0 Å². The van der Waals surface area contributed by atoms with Gasteiger partial charge in [-0.15, -0.1) is 0 Å². The Hall–Kier alpha value is -0.830. The van der Waals surface area contributed by atoms with Crippen LogP contribution in [0.1, 0.15) is 38.4 Å². The molecule has 0 atom stereocenters. The normalized spacial score (nSPS) is 17.6. The zero-order valence-electron chi connectivity index (χ0n) is 9.30. The number of hydrogen-bond donors (Lipinski definition) is 1. The highest BCUT2D eigenvalue weighted by Crippen LogP contribution is 2.21. The third-order valence-electron chi connectivity index (χ3n) is 2.67. The first kappa shape index (κ1) is 9.71. The molecule has 1 aromatic heterocycles. The molecule has 1 aliphatic heterocycles. The number of nitrogens with one attached hydrogen (secondary N) is 1. The van der Waals surface area contributed by atoms with E-state index < -0.39 is 0 Å². The highest BCUT2D eigenvalue weighted by atomic mass is 15.3. The summed E-state index contributed by atoms with van der Waals surface area (Å²) in [6.07, 6.45) is 4.38. The van der Waals surface area contributed by atoms with E-state index in [2.05, 4.69) is 35.9 Å². The molecule has 0 saturated carbocycles. The van der Waals surface area contributed by atoms with Gasteiger partial charge in [0, 0.05) is 17.8 Å². The zero-order valence-corrected chi connectivity index (χ0v) is 9.30. The molecular formula is C11H19N3. The van der Waals surface area contributed by atoms with Crippen molar-refractivity contribution in [1.82, 2.24) is 15.1 Å². The topological polar surface area (TPSA) is 29.9 Å². The molecular weight excluding hydrogens is 174 g/mol. The standard InChI is InChI=1S/C11H19N3/c1-11(2,3)14-10-5-4-6-12-7-9(10)8-13-14/h8,12H,4-7H2,1-3H3. The van der Waals surface area contributed by atoms with Crippen molar-refractivity contribution in [2.45, 2.75) is 45.7 Å². The second kappa shape index (κ2) is 3.39. The Kier molecular flexibility index (Phi) is 2.35. The average molecular weight is 193 g/mol. The highest BCUT2D eigenvalue weighted by molar-refractivity contribution is 5.20. The lowest BCUT2D eigenvalue weighted by molar-refractivity contribution is 0.342. The first-order valence-electron chi connectivity index (χ1n) is 5.36. The maximum absolute atomic E-state index is 4.49. The van der Waals surface area contributed by atoms with E-state index >= 15 is 0 Å². The van der Waals surface area contributed by atoms with E-state index in [9.17, 15) is 0 Å². The van der Waals surface area contributed by atoms with Crippen molar-refractivity contribution in [2.75, 3.05) is 6.54 Å². The molecule has 1 aromatic rings. The van der Waals surface area contributed by atoms with Crippen LogP contribution in [0.4, 0.5) is 0 Å². The Bertz CT molecular complexity index is 320. The van der Waals surface area contributed by atoms with Crippen molar-refractivity contribution in [3.05, 3.63) is 17.5 Å². The molecule has 0 aromatic carbocycles. The molecule has 14 heavy (non-hydrogen) atoms. The third-order valence-corrected chi connectivity index (χ3v) is 2.67. The second-order valence-corrected chi connectivity index (χ2v) is 4.98. The van der Waals surface area contributed by atoms with Crippen LogP contribution < -0.4 is 5.32 Å². The molecule has 2 heterocycles. The van der Waals surface area contributed by atoms with Crippen molar-refractivity contribution < 1.29 is 0 Å². The van der Waals surface area contributed by atoms with Gasteiger partial charge in [0.15, 0.2) is 0 Å². The molecule has 1 N–H and O–H groups in total. The van der Waals surface area contributed by atoms with Crippen LogP contribution >= 0.6 is 0 Å². The van der Waals surface area contributed by atoms with Crippen molar-refractivity contribution in [1.29, 1.82) is 0 Å². The summed E-state index contributed by atoms with van der Waals surface area (Å²) in [5.74, 6) is 0. The molecule has 0 bridgehead atoms. The molecule has 2 rings (SSSR count). The van der Waals surface area contributed by atoms with Gasteiger partial charge in [-0.05, 0) is 40.2 Å². The number of aromatic nitrogens is 2. The zero-order chi connectivity index (χ0) is 10.2. The van der Waals surface area contributed by atoms with Gasteiger partial charge in [-0.2, -0.15) is 5.10 Å². The molecule has 3 heteroatoms. The van der Waals surface area contributed by atoms with Crippen LogP contribution in [0, 0.1) is 0 Å². The van der Waals surface area contributed by atoms with Crippen LogP contribution in [-0.2, 0) is 18.5 Å². The molecule has 1 aliphatic rings. The second-order valence-electron chi connectivity index (χ2n) is 4.98. The highest BCUT2D eigenvalue weighted by Gasteiger charge is 2.21. The van der Waals surface area contributed by atoms with E-state index in [1.807, 2.05) is 6.20 Å². The van der Waals surface area contributed by atoms with Gasteiger partial charge in [0.05, 0.1) is 11.7 Å². The van der Waals surface area contributed by atoms with Crippen LogP contribution in [-0.4, -0.2) is 16.3 Å².